The molecule has 0 heterocycles. The minimum Gasteiger partial charge on any atom is -0.456 e. The van der Waals surface area contributed by atoms with Crippen LogP contribution in [0.3, 0.4) is 0 Å². The molecular formula is C15H22O2. The maximum atomic E-state index is 11.6. The summed E-state index contributed by atoms with van der Waals surface area (Å²) in [7, 11) is 0. The molecule has 3 saturated carbocycles. The zero-order valence-electron chi connectivity index (χ0n) is 10.7. The number of hydrogen-bond acceptors (Lipinski definition) is 2. The van der Waals surface area contributed by atoms with E-state index < -0.39 is 0 Å². The third-order valence-electron chi connectivity index (χ3n) is 5.66. The molecule has 3 fully saturated rings. The van der Waals surface area contributed by atoms with Gasteiger partial charge in [-0.25, -0.2) is 4.79 Å². The highest BCUT2D eigenvalue weighted by Gasteiger charge is 2.61. The normalized spacial score (nSPS) is 46.9. The molecule has 3 aliphatic rings. The summed E-state index contributed by atoms with van der Waals surface area (Å²) >= 11 is 0. The van der Waals surface area contributed by atoms with Crippen molar-refractivity contribution in [3.05, 3.63) is 12.7 Å². The van der Waals surface area contributed by atoms with Crippen molar-refractivity contribution in [3.8, 4) is 0 Å². The molecule has 0 aromatic carbocycles. The van der Waals surface area contributed by atoms with Gasteiger partial charge in [-0.1, -0.05) is 19.9 Å². The Morgan fingerprint density at radius 3 is 2.94 bits per heavy atom. The third-order valence-corrected chi connectivity index (χ3v) is 5.66. The zero-order valence-corrected chi connectivity index (χ0v) is 10.7. The molecule has 3 rings (SSSR count). The fourth-order valence-electron chi connectivity index (χ4n) is 5.05. The monoisotopic (exact) mass is 234 g/mol. The Balaban J connectivity index is 1.83. The summed E-state index contributed by atoms with van der Waals surface area (Å²) < 4.78 is 5.78. The highest BCUT2D eigenvalue weighted by molar-refractivity contribution is 5.81. The summed E-state index contributed by atoms with van der Waals surface area (Å²) in [6.45, 7) is 5.69. The van der Waals surface area contributed by atoms with E-state index in [1.165, 1.54) is 31.8 Å². The average Bonchev–Trinajstić information content (AvgIpc) is 2.99. The number of carbonyl (C=O) groups excluding carboxylic acids is 1. The summed E-state index contributed by atoms with van der Waals surface area (Å²) in [5.41, 5.74) is -0.151. The van der Waals surface area contributed by atoms with Crippen molar-refractivity contribution in [2.75, 3.05) is 0 Å². The van der Waals surface area contributed by atoms with E-state index in [-0.39, 0.29) is 11.6 Å². The van der Waals surface area contributed by atoms with Crippen molar-refractivity contribution in [3.63, 3.8) is 0 Å². The van der Waals surface area contributed by atoms with Crippen LogP contribution in [-0.4, -0.2) is 11.6 Å². The standard InChI is InChI=1S/C15H22O2/c1-3-14(16)17-15(4-2)9-10-8-13(15)12-7-5-6-11(10)12/h3,10-13H,1,4-9H2,2H3/t10-,11?,12?,13-,15?/m0/s1. The van der Waals surface area contributed by atoms with Crippen molar-refractivity contribution >= 4 is 5.97 Å². The van der Waals surface area contributed by atoms with Crippen LogP contribution in [-0.2, 0) is 9.53 Å². The maximum Gasteiger partial charge on any atom is 0.330 e. The molecule has 17 heavy (non-hydrogen) atoms. The molecule has 2 heteroatoms. The number of hydrogen-bond donors (Lipinski definition) is 0. The number of carbonyl (C=O) groups is 1. The number of rotatable bonds is 3. The Morgan fingerprint density at radius 2 is 2.24 bits per heavy atom. The lowest BCUT2D eigenvalue weighted by molar-refractivity contribution is -0.164. The Labute approximate surface area is 103 Å². The largest absolute Gasteiger partial charge is 0.456 e. The van der Waals surface area contributed by atoms with Crippen LogP contribution in [0.25, 0.3) is 0 Å². The van der Waals surface area contributed by atoms with Gasteiger partial charge in [0.25, 0.3) is 0 Å². The molecule has 0 aromatic rings. The van der Waals surface area contributed by atoms with E-state index in [0.717, 1.165) is 30.6 Å². The first-order chi connectivity index (χ1) is 8.20. The fourth-order valence-corrected chi connectivity index (χ4v) is 5.05. The van der Waals surface area contributed by atoms with Gasteiger partial charge in [0.2, 0.25) is 0 Å². The van der Waals surface area contributed by atoms with Gasteiger partial charge >= 0.3 is 5.97 Å². The second kappa shape index (κ2) is 3.86. The van der Waals surface area contributed by atoms with Crippen LogP contribution in [0.15, 0.2) is 12.7 Å². The van der Waals surface area contributed by atoms with Crippen LogP contribution in [0.2, 0.25) is 0 Å². The van der Waals surface area contributed by atoms with E-state index >= 15 is 0 Å². The molecule has 0 spiro atoms. The molecule has 0 amide bonds. The lowest BCUT2D eigenvalue weighted by Gasteiger charge is -2.41. The molecule has 0 aromatic heterocycles. The molecule has 0 N–H and O–H groups in total. The summed E-state index contributed by atoms with van der Waals surface area (Å²) in [6, 6.07) is 0. The SMILES string of the molecule is C=CC(=O)OC1(CC)C[C@@H]2C[C@H]1C1CCCC12. The fraction of sp³-hybridized carbons (Fsp3) is 0.800. The van der Waals surface area contributed by atoms with Crippen molar-refractivity contribution < 1.29 is 9.53 Å². The highest BCUT2D eigenvalue weighted by Crippen LogP contribution is 2.64. The van der Waals surface area contributed by atoms with E-state index in [9.17, 15) is 4.79 Å². The summed E-state index contributed by atoms with van der Waals surface area (Å²) in [5.74, 6) is 3.02. The Morgan fingerprint density at radius 1 is 1.47 bits per heavy atom. The van der Waals surface area contributed by atoms with Crippen LogP contribution in [0.4, 0.5) is 0 Å². The quantitative estimate of drug-likeness (QED) is 0.553. The van der Waals surface area contributed by atoms with E-state index in [1.807, 2.05) is 0 Å². The molecule has 2 bridgehead atoms. The van der Waals surface area contributed by atoms with Crippen molar-refractivity contribution in [2.24, 2.45) is 23.7 Å². The second-order valence-electron chi connectivity index (χ2n) is 6.11. The van der Waals surface area contributed by atoms with Gasteiger partial charge in [0.05, 0.1) is 0 Å². The van der Waals surface area contributed by atoms with Gasteiger partial charge in [-0.3, -0.25) is 0 Å². The number of fused-ring (bicyclic) bond motifs is 5. The van der Waals surface area contributed by atoms with Crippen molar-refractivity contribution in [1.82, 2.24) is 0 Å². The minimum atomic E-state index is -0.228. The first-order valence-corrected chi connectivity index (χ1v) is 7.05. The molecule has 2 nitrogen and oxygen atoms in total. The molecule has 0 saturated heterocycles. The van der Waals surface area contributed by atoms with Crippen LogP contribution in [0.1, 0.15) is 45.4 Å². The minimum absolute atomic E-state index is 0.151. The summed E-state index contributed by atoms with van der Waals surface area (Å²) in [4.78, 5) is 11.6. The van der Waals surface area contributed by atoms with E-state index in [2.05, 4.69) is 13.5 Å². The topological polar surface area (TPSA) is 26.3 Å². The number of esters is 1. The molecule has 3 unspecified atom stereocenters. The van der Waals surface area contributed by atoms with Crippen LogP contribution in [0.5, 0.6) is 0 Å². The van der Waals surface area contributed by atoms with Crippen LogP contribution in [0, 0.1) is 23.7 Å². The van der Waals surface area contributed by atoms with E-state index in [0.29, 0.717) is 5.92 Å². The van der Waals surface area contributed by atoms with Gasteiger partial charge in [0.1, 0.15) is 5.60 Å². The first-order valence-electron chi connectivity index (χ1n) is 7.05. The lowest BCUT2D eigenvalue weighted by atomic mass is 9.71. The molecule has 94 valence electrons. The zero-order chi connectivity index (χ0) is 12.0. The number of ether oxygens (including phenoxy) is 1. The van der Waals surface area contributed by atoms with E-state index in [4.69, 9.17) is 4.74 Å². The average molecular weight is 234 g/mol. The van der Waals surface area contributed by atoms with Gasteiger partial charge < -0.3 is 4.74 Å². The molecular weight excluding hydrogens is 212 g/mol. The van der Waals surface area contributed by atoms with Gasteiger partial charge in [0, 0.05) is 12.0 Å². The molecule has 5 atom stereocenters. The van der Waals surface area contributed by atoms with Gasteiger partial charge in [-0.2, -0.15) is 0 Å². The van der Waals surface area contributed by atoms with Crippen LogP contribution < -0.4 is 0 Å². The third kappa shape index (κ3) is 1.49. The van der Waals surface area contributed by atoms with Crippen molar-refractivity contribution in [2.45, 2.75) is 51.0 Å². The summed E-state index contributed by atoms with van der Waals surface area (Å²) in [6.07, 6.45) is 8.85. The molecule has 3 aliphatic carbocycles. The second-order valence-corrected chi connectivity index (χ2v) is 6.11. The van der Waals surface area contributed by atoms with Gasteiger partial charge in [-0.05, 0) is 49.9 Å². The Hall–Kier alpha value is -0.790. The molecule has 0 radical (unpaired) electrons. The van der Waals surface area contributed by atoms with Gasteiger partial charge in [-0.15, -0.1) is 0 Å². The van der Waals surface area contributed by atoms with E-state index in [1.54, 1.807) is 0 Å². The maximum absolute atomic E-state index is 11.6. The Bertz CT molecular complexity index is 349. The van der Waals surface area contributed by atoms with Gasteiger partial charge in [0.15, 0.2) is 0 Å². The predicted octanol–water partition coefficient (Wildman–Crippen LogP) is 3.32. The lowest BCUT2D eigenvalue weighted by Crippen LogP contribution is -2.44. The Kier molecular flexibility index (Phi) is 2.57. The summed E-state index contributed by atoms with van der Waals surface area (Å²) in [5, 5.41) is 0. The van der Waals surface area contributed by atoms with Crippen molar-refractivity contribution in [1.29, 1.82) is 0 Å². The smallest absolute Gasteiger partial charge is 0.330 e. The molecule has 0 aliphatic heterocycles. The predicted molar refractivity (Wildman–Crippen MR) is 66.4 cm³/mol. The highest BCUT2D eigenvalue weighted by atomic mass is 16.6. The van der Waals surface area contributed by atoms with Crippen LogP contribution >= 0.6 is 0 Å². The first kappa shape index (κ1) is 11.3.